The van der Waals surface area contributed by atoms with E-state index in [4.69, 9.17) is 4.52 Å². The van der Waals surface area contributed by atoms with Gasteiger partial charge in [0.25, 0.3) is 5.91 Å². The molecule has 0 saturated heterocycles. The smallest absolute Gasteiger partial charge is 0.273 e. The maximum absolute atomic E-state index is 12.1. The van der Waals surface area contributed by atoms with Crippen molar-refractivity contribution in [2.75, 3.05) is 0 Å². The number of benzene rings is 1. The van der Waals surface area contributed by atoms with Gasteiger partial charge in [0.05, 0.1) is 6.04 Å². The van der Waals surface area contributed by atoms with E-state index in [0.717, 1.165) is 19.3 Å². The van der Waals surface area contributed by atoms with Crippen molar-refractivity contribution in [1.29, 1.82) is 0 Å². The van der Waals surface area contributed by atoms with E-state index in [0.29, 0.717) is 11.5 Å². The molecule has 1 aliphatic carbocycles. The third-order valence-electron chi connectivity index (χ3n) is 3.54. The SMILES string of the molecule is Cc1cc(C(=O)N[C@H]2CCCc3ccccc32)no1. The van der Waals surface area contributed by atoms with Gasteiger partial charge in [0.1, 0.15) is 5.76 Å². The second-order valence-electron chi connectivity index (χ2n) is 4.94. The Morgan fingerprint density at radius 1 is 1.42 bits per heavy atom. The Balaban J connectivity index is 1.79. The highest BCUT2D eigenvalue weighted by Gasteiger charge is 2.22. The molecule has 0 radical (unpaired) electrons. The molecule has 0 aliphatic heterocycles. The van der Waals surface area contributed by atoms with E-state index in [9.17, 15) is 4.79 Å². The number of nitrogens with zero attached hydrogens (tertiary/aromatic N) is 1. The second-order valence-corrected chi connectivity index (χ2v) is 4.94. The van der Waals surface area contributed by atoms with Crippen LogP contribution in [0.4, 0.5) is 0 Å². The minimum atomic E-state index is -0.168. The standard InChI is InChI=1S/C15H16N2O2/c1-10-9-14(17-19-10)15(18)16-13-8-4-6-11-5-2-3-7-12(11)13/h2-3,5,7,9,13H,4,6,8H2,1H3,(H,16,18)/t13-/m0/s1. The Labute approximate surface area is 111 Å². The molecular formula is C15H16N2O2. The summed E-state index contributed by atoms with van der Waals surface area (Å²) >= 11 is 0. The van der Waals surface area contributed by atoms with Crippen LogP contribution in [0.15, 0.2) is 34.9 Å². The third kappa shape index (κ3) is 2.38. The van der Waals surface area contributed by atoms with Crippen LogP contribution in [0.1, 0.15) is 46.3 Å². The van der Waals surface area contributed by atoms with E-state index in [-0.39, 0.29) is 11.9 Å². The Morgan fingerprint density at radius 3 is 3.05 bits per heavy atom. The summed E-state index contributed by atoms with van der Waals surface area (Å²) in [5.41, 5.74) is 2.90. The molecule has 0 unspecified atom stereocenters. The van der Waals surface area contributed by atoms with Crippen LogP contribution in [-0.2, 0) is 6.42 Å². The summed E-state index contributed by atoms with van der Waals surface area (Å²) < 4.78 is 4.93. The summed E-state index contributed by atoms with van der Waals surface area (Å²) in [6.07, 6.45) is 3.16. The van der Waals surface area contributed by atoms with Gasteiger partial charge in [0.15, 0.2) is 5.69 Å². The lowest BCUT2D eigenvalue weighted by Crippen LogP contribution is -2.31. The Kier molecular flexibility index (Phi) is 3.07. The first-order valence-corrected chi connectivity index (χ1v) is 6.56. The van der Waals surface area contributed by atoms with Crippen molar-refractivity contribution in [1.82, 2.24) is 10.5 Å². The molecule has 4 heteroatoms. The predicted octanol–water partition coefficient (Wildman–Crippen LogP) is 2.79. The van der Waals surface area contributed by atoms with Gasteiger partial charge in [0.2, 0.25) is 0 Å². The lowest BCUT2D eigenvalue weighted by atomic mass is 9.88. The maximum Gasteiger partial charge on any atom is 0.273 e. The van der Waals surface area contributed by atoms with Gasteiger partial charge in [-0.2, -0.15) is 0 Å². The molecule has 98 valence electrons. The van der Waals surface area contributed by atoms with Gasteiger partial charge in [-0.15, -0.1) is 0 Å². The van der Waals surface area contributed by atoms with Crippen molar-refractivity contribution < 1.29 is 9.32 Å². The lowest BCUT2D eigenvalue weighted by molar-refractivity contribution is 0.0923. The molecule has 4 nitrogen and oxygen atoms in total. The number of rotatable bonds is 2. The molecule has 1 aliphatic rings. The molecule has 19 heavy (non-hydrogen) atoms. The highest BCUT2D eigenvalue weighted by molar-refractivity contribution is 5.92. The zero-order valence-electron chi connectivity index (χ0n) is 10.8. The second kappa shape index (κ2) is 4.88. The number of fused-ring (bicyclic) bond motifs is 1. The number of nitrogens with one attached hydrogen (secondary N) is 1. The predicted molar refractivity (Wildman–Crippen MR) is 70.8 cm³/mol. The molecule has 1 aromatic heterocycles. The van der Waals surface area contributed by atoms with Crippen LogP contribution in [0.2, 0.25) is 0 Å². The summed E-state index contributed by atoms with van der Waals surface area (Å²) in [6, 6.07) is 10.0. The van der Waals surface area contributed by atoms with Crippen LogP contribution in [0.25, 0.3) is 0 Å². The van der Waals surface area contributed by atoms with Gasteiger partial charge in [0, 0.05) is 6.07 Å². The highest BCUT2D eigenvalue weighted by Crippen LogP contribution is 2.29. The Hall–Kier alpha value is -2.10. The summed E-state index contributed by atoms with van der Waals surface area (Å²) in [5, 5.41) is 6.79. The molecule has 1 aromatic carbocycles. The van der Waals surface area contributed by atoms with Gasteiger partial charge in [-0.1, -0.05) is 29.4 Å². The quantitative estimate of drug-likeness (QED) is 0.898. The van der Waals surface area contributed by atoms with E-state index in [2.05, 4.69) is 22.6 Å². The number of aryl methyl sites for hydroxylation is 2. The number of aromatic nitrogens is 1. The molecule has 0 fully saturated rings. The minimum Gasteiger partial charge on any atom is -0.361 e. The van der Waals surface area contributed by atoms with Gasteiger partial charge in [-0.25, -0.2) is 0 Å². The highest BCUT2D eigenvalue weighted by atomic mass is 16.5. The van der Waals surface area contributed by atoms with E-state index >= 15 is 0 Å². The van der Waals surface area contributed by atoms with Crippen LogP contribution in [0.3, 0.4) is 0 Å². The fourth-order valence-corrected chi connectivity index (χ4v) is 2.61. The van der Waals surface area contributed by atoms with Gasteiger partial charge in [-0.3, -0.25) is 4.79 Å². The number of amides is 1. The van der Waals surface area contributed by atoms with E-state index in [1.54, 1.807) is 13.0 Å². The molecule has 1 N–H and O–H groups in total. The lowest BCUT2D eigenvalue weighted by Gasteiger charge is -2.25. The average Bonchev–Trinajstić information content (AvgIpc) is 2.86. The molecule has 3 rings (SSSR count). The van der Waals surface area contributed by atoms with E-state index in [1.807, 2.05) is 12.1 Å². The summed E-state index contributed by atoms with van der Waals surface area (Å²) in [5.74, 6) is 0.479. The zero-order chi connectivity index (χ0) is 13.2. The minimum absolute atomic E-state index is 0.0782. The van der Waals surface area contributed by atoms with Gasteiger partial charge in [-0.05, 0) is 37.3 Å². The summed E-state index contributed by atoms with van der Waals surface area (Å²) in [6.45, 7) is 1.78. The van der Waals surface area contributed by atoms with Crippen LogP contribution in [0, 0.1) is 6.92 Å². The average molecular weight is 256 g/mol. The van der Waals surface area contributed by atoms with Crippen LogP contribution in [-0.4, -0.2) is 11.1 Å². The van der Waals surface area contributed by atoms with Crippen molar-refractivity contribution in [3.8, 4) is 0 Å². The Bertz CT molecular complexity index is 604. The Morgan fingerprint density at radius 2 is 2.26 bits per heavy atom. The molecule has 1 heterocycles. The summed E-state index contributed by atoms with van der Waals surface area (Å²) in [7, 11) is 0. The summed E-state index contributed by atoms with van der Waals surface area (Å²) in [4.78, 5) is 12.1. The number of carbonyl (C=O) groups excluding carboxylic acids is 1. The first kappa shape index (κ1) is 12.0. The van der Waals surface area contributed by atoms with Gasteiger partial charge < -0.3 is 9.84 Å². The van der Waals surface area contributed by atoms with Crippen LogP contribution >= 0.6 is 0 Å². The first-order chi connectivity index (χ1) is 9.24. The molecule has 2 aromatic rings. The monoisotopic (exact) mass is 256 g/mol. The van der Waals surface area contributed by atoms with Crippen molar-refractivity contribution >= 4 is 5.91 Å². The van der Waals surface area contributed by atoms with Crippen LogP contribution < -0.4 is 5.32 Å². The normalized spacial score (nSPS) is 17.8. The van der Waals surface area contributed by atoms with E-state index in [1.165, 1.54) is 11.1 Å². The fraction of sp³-hybridized carbons (Fsp3) is 0.333. The maximum atomic E-state index is 12.1. The first-order valence-electron chi connectivity index (χ1n) is 6.56. The molecule has 1 amide bonds. The molecule has 0 spiro atoms. The van der Waals surface area contributed by atoms with Crippen molar-refractivity contribution in [2.45, 2.75) is 32.2 Å². The molecular weight excluding hydrogens is 240 g/mol. The largest absolute Gasteiger partial charge is 0.361 e. The van der Waals surface area contributed by atoms with Gasteiger partial charge >= 0.3 is 0 Å². The van der Waals surface area contributed by atoms with Crippen molar-refractivity contribution in [2.24, 2.45) is 0 Å². The van der Waals surface area contributed by atoms with Crippen molar-refractivity contribution in [3.63, 3.8) is 0 Å². The number of hydrogen-bond acceptors (Lipinski definition) is 3. The van der Waals surface area contributed by atoms with Crippen LogP contribution in [0.5, 0.6) is 0 Å². The number of carbonyl (C=O) groups is 1. The third-order valence-corrected chi connectivity index (χ3v) is 3.54. The number of hydrogen-bond donors (Lipinski definition) is 1. The van der Waals surface area contributed by atoms with Crippen molar-refractivity contribution in [3.05, 3.63) is 52.9 Å². The molecule has 1 atom stereocenters. The zero-order valence-corrected chi connectivity index (χ0v) is 10.8. The fourth-order valence-electron chi connectivity index (χ4n) is 2.61. The van der Waals surface area contributed by atoms with E-state index < -0.39 is 0 Å². The molecule has 0 saturated carbocycles. The topological polar surface area (TPSA) is 55.1 Å². The molecule has 0 bridgehead atoms.